The van der Waals surface area contributed by atoms with Gasteiger partial charge in [0.1, 0.15) is 0 Å². The SMILES string of the molecule is CC(C)C(=O)Nc1ccc(C(F)(F)F)cc1.O=C(C(=O)C(F)(F)F)C(F)(F)F. The zero-order valence-corrected chi connectivity index (χ0v) is 14.0. The Morgan fingerprint density at radius 1 is 0.750 bits per heavy atom. The van der Waals surface area contributed by atoms with Crippen LogP contribution in [0.4, 0.5) is 45.2 Å². The van der Waals surface area contributed by atoms with E-state index in [4.69, 9.17) is 0 Å². The number of alkyl halides is 9. The molecule has 0 unspecified atom stereocenters. The van der Waals surface area contributed by atoms with Gasteiger partial charge in [0.05, 0.1) is 5.56 Å². The van der Waals surface area contributed by atoms with Gasteiger partial charge < -0.3 is 5.32 Å². The molecule has 0 aliphatic heterocycles. The lowest BCUT2D eigenvalue weighted by Gasteiger charge is -2.09. The van der Waals surface area contributed by atoms with Crippen LogP contribution in [0.1, 0.15) is 19.4 Å². The van der Waals surface area contributed by atoms with E-state index in [1.165, 1.54) is 12.1 Å². The zero-order chi connectivity index (χ0) is 22.5. The molecule has 1 rings (SSSR count). The van der Waals surface area contributed by atoms with Crippen molar-refractivity contribution in [3.8, 4) is 0 Å². The van der Waals surface area contributed by atoms with E-state index in [-0.39, 0.29) is 11.8 Å². The number of carbonyl (C=O) groups is 3. The third-order valence-electron chi connectivity index (χ3n) is 2.73. The molecule has 1 aromatic rings. The fourth-order valence-corrected chi connectivity index (χ4v) is 1.29. The number of anilines is 1. The Balaban J connectivity index is 0.000000546. The fraction of sp³-hybridized carbons (Fsp3) is 0.400. The first-order valence-corrected chi connectivity index (χ1v) is 7.08. The minimum absolute atomic E-state index is 0.206. The molecular formula is C15H12F9NO3. The van der Waals surface area contributed by atoms with Crippen LogP contribution in [0.2, 0.25) is 0 Å². The maximum absolute atomic E-state index is 12.2. The van der Waals surface area contributed by atoms with Crippen LogP contribution in [0.25, 0.3) is 0 Å². The van der Waals surface area contributed by atoms with Gasteiger partial charge in [-0.3, -0.25) is 14.4 Å². The lowest BCUT2D eigenvalue weighted by molar-refractivity contribution is -0.193. The maximum Gasteiger partial charge on any atom is 0.458 e. The quantitative estimate of drug-likeness (QED) is 0.571. The Morgan fingerprint density at radius 3 is 1.36 bits per heavy atom. The van der Waals surface area contributed by atoms with Gasteiger partial charge in [0.25, 0.3) is 0 Å². The van der Waals surface area contributed by atoms with Gasteiger partial charge in [0.15, 0.2) is 0 Å². The number of halogens is 9. The number of benzene rings is 1. The largest absolute Gasteiger partial charge is 0.458 e. The number of amides is 1. The molecule has 0 bridgehead atoms. The minimum Gasteiger partial charge on any atom is -0.326 e. The smallest absolute Gasteiger partial charge is 0.326 e. The molecule has 1 amide bonds. The molecule has 0 saturated carbocycles. The van der Waals surface area contributed by atoms with Gasteiger partial charge in [-0.25, -0.2) is 0 Å². The maximum atomic E-state index is 12.2. The predicted molar refractivity (Wildman–Crippen MR) is 77.0 cm³/mol. The van der Waals surface area contributed by atoms with E-state index in [1.807, 2.05) is 0 Å². The van der Waals surface area contributed by atoms with Crippen molar-refractivity contribution in [1.82, 2.24) is 0 Å². The molecule has 0 saturated heterocycles. The lowest BCUT2D eigenvalue weighted by Crippen LogP contribution is -2.39. The number of ketones is 2. The van der Waals surface area contributed by atoms with Gasteiger partial charge in [-0.2, -0.15) is 39.5 Å². The molecule has 1 aromatic carbocycles. The number of Topliss-reactive ketones (excluding diaryl/α,β-unsaturated/α-hetero) is 2. The molecule has 1 N–H and O–H groups in total. The van der Waals surface area contributed by atoms with E-state index in [2.05, 4.69) is 5.32 Å². The highest BCUT2D eigenvalue weighted by Gasteiger charge is 2.54. The lowest BCUT2D eigenvalue weighted by atomic mass is 10.1. The van der Waals surface area contributed by atoms with E-state index in [0.717, 1.165) is 12.1 Å². The van der Waals surface area contributed by atoms with E-state index in [1.54, 1.807) is 13.8 Å². The van der Waals surface area contributed by atoms with Crippen LogP contribution in [-0.4, -0.2) is 29.8 Å². The third kappa shape index (κ3) is 8.39. The van der Waals surface area contributed by atoms with Crippen molar-refractivity contribution in [3.05, 3.63) is 29.8 Å². The van der Waals surface area contributed by atoms with Crippen LogP contribution in [-0.2, 0) is 20.6 Å². The van der Waals surface area contributed by atoms with Gasteiger partial charge in [0.2, 0.25) is 5.91 Å². The van der Waals surface area contributed by atoms with Crippen LogP contribution in [0.3, 0.4) is 0 Å². The Morgan fingerprint density at radius 2 is 1.11 bits per heavy atom. The van der Waals surface area contributed by atoms with Crippen molar-refractivity contribution in [2.75, 3.05) is 5.32 Å². The van der Waals surface area contributed by atoms with Crippen LogP contribution < -0.4 is 5.32 Å². The van der Waals surface area contributed by atoms with Crippen molar-refractivity contribution in [3.63, 3.8) is 0 Å². The number of hydrogen-bond acceptors (Lipinski definition) is 3. The Hall–Kier alpha value is -2.60. The second-order valence-electron chi connectivity index (χ2n) is 5.37. The van der Waals surface area contributed by atoms with Crippen LogP contribution in [0, 0.1) is 5.92 Å². The highest BCUT2D eigenvalue weighted by atomic mass is 19.4. The first-order chi connectivity index (χ1) is 12.4. The summed E-state index contributed by atoms with van der Waals surface area (Å²) >= 11 is 0. The zero-order valence-electron chi connectivity index (χ0n) is 14.0. The Kier molecular flexibility index (Phi) is 8.22. The van der Waals surface area contributed by atoms with E-state index >= 15 is 0 Å². The summed E-state index contributed by atoms with van der Waals surface area (Å²) in [5.74, 6) is -7.24. The molecule has 0 spiro atoms. The highest BCUT2D eigenvalue weighted by molar-refractivity contribution is 6.41. The first kappa shape index (κ1) is 25.4. The van der Waals surface area contributed by atoms with E-state index in [9.17, 15) is 53.9 Å². The average Bonchev–Trinajstić information content (AvgIpc) is 2.51. The van der Waals surface area contributed by atoms with Gasteiger partial charge in [-0.15, -0.1) is 0 Å². The molecule has 0 aromatic heterocycles. The topological polar surface area (TPSA) is 63.2 Å². The molecule has 4 nitrogen and oxygen atoms in total. The normalized spacial score (nSPS) is 12.1. The Labute approximate surface area is 151 Å². The molecule has 0 aliphatic rings. The van der Waals surface area contributed by atoms with Gasteiger partial charge in [-0.05, 0) is 24.3 Å². The fourth-order valence-electron chi connectivity index (χ4n) is 1.29. The third-order valence-corrected chi connectivity index (χ3v) is 2.73. The number of rotatable bonds is 3. The molecule has 0 aliphatic carbocycles. The summed E-state index contributed by atoms with van der Waals surface area (Å²) in [5, 5.41) is 2.51. The summed E-state index contributed by atoms with van der Waals surface area (Å²) in [4.78, 5) is 30.5. The van der Waals surface area contributed by atoms with Crippen LogP contribution in [0.15, 0.2) is 24.3 Å². The summed E-state index contributed by atoms with van der Waals surface area (Å²) in [6, 6.07) is 4.36. The minimum atomic E-state index is -5.77. The second-order valence-corrected chi connectivity index (χ2v) is 5.37. The highest BCUT2D eigenvalue weighted by Crippen LogP contribution is 2.29. The second kappa shape index (κ2) is 9.06. The Bertz CT molecular complexity index is 677. The first-order valence-electron chi connectivity index (χ1n) is 7.08. The molecule has 0 fully saturated rings. The van der Waals surface area contributed by atoms with Gasteiger partial charge in [-0.1, -0.05) is 13.8 Å². The molecule has 13 heteroatoms. The summed E-state index contributed by atoms with van der Waals surface area (Å²) in [7, 11) is 0. The van der Waals surface area contributed by atoms with Gasteiger partial charge >= 0.3 is 30.1 Å². The molecular weight excluding hydrogens is 413 g/mol. The molecule has 0 heterocycles. The van der Waals surface area contributed by atoms with Gasteiger partial charge in [0, 0.05) is 11.6 Å². The van der Waals surface area contributed by atoms with Crippen molar-refractivity contribution in [1.29, 1.82) is 0 Å². The number of hydrogen-bond donors (Lipinski definition) is 1. The molecule has 0 atom stereocenters. The van der Waals surface area contributed by atoms with Crippen molar-refractivity contribution >= 4 is 23.2 Å². The summed E-state index contributed by atoms with van der Waals surface area (Å²) in [6.45, 7) is 3.42. The van der Waals surface area contributed by atoms with Crippen molar-refractivity contribution in [2.45, 2.75) is 32.4 Å². The molecule has 28 heavy (non-hydrogen) atoms. The number of nitrogens with one attached hydrogen (secondary N) is 1. The summed E-state index contributed by atoms with van der Waals surface area (Å²) < 4.78 is 104. The van der Waals surface area contributed by atoms with E-state index < -0.39 is 35.7 Å². The summed E-state index contributed by atoms with van der Waals surface area (Å²) in [6.07, 6.45) is -15.9. The average molecular weight is 425 g/mol. The van der Waals surface area contributed by atoms with Crippen molar-refractivity contribution < 1.29 is 53.9 Å². The van der Waals surface area contributed by atoms with Crippen molar-refractivity contribution in [2.24, 2.45) is 5.92 Å². The number of carbonyl (C=O) groups excluding carboxylic acids is 3. The van der Waals surface area contributed by atoms with Crippen LogP contribution >= 0.6 is 0 Å². The monoisotopic (exact) mass is 425 g/mol. The summed E-state index contributed by atoms with van der Waals surface area (Å²) in [5.41, 5.74) is -0.359. The molecule has 158 valence electrons. The van der Waals surface area contributed by atoms with E-state index in [0.29, 0.717) is 5.69 Å². The predicted octanol–water partition coefficient (Wildman–Crippen LogP) is 4.55. The van der Waals surface area contributed by atoms with Crippen LogP contribution in [0.5, 0.6) is 0 Å². The standard InChI is InChI=1S/C11H12F3NO.C4F6O2/c1-7(2)10(16)15-9-5-3-8(4-6-9)11(12,13)14;5-3(6,7)1(11)2(12)4(8,9)10/h3-7H,1-2H3,(H,15,16);. The molecule has 0 radical (unpaired) electrons.